The first kappa shape index (κ1) is 22.8. The summed E-state index contributed by atoms with van der Waals surface area (Å²) in [5.74, 6) is 0.00489. The van der Waals surface area contributed by atoms with E-state index in [1.807, 2.05) is 26.8 Å². The molecule has 2 aliphatic heterocycles. The summed E-state index contributed by atoms with van der Waals surface area (Å²) in [6.07, 6.45) is 1.85. The summed E-state index contributed by atoms with van der Waals surface area (Å²) in [4.78, 5) is 12.6. The van der Waals surface area contributed by atoms with Gasteiger partial charge in [0.25, 0.3) is 0 Å². The van der Waals surface area contributed by atoms with Crippen LogP contribution in [0.4, 0.5) is 0 Å². The first-order chi connectivity index (χ1) is 15.1. The summed E-state index contributed by atoms with van der Waals surface area (Å²) in [7, 11) is 0. The Morgan fingerprint density at radius 1 is 1.06 bits per heavy atom. The number of fused-ring (bicyclic) bond motifs is 2. The minimum Gasteiger partial charge on any atom is -0.493 e. The van der Waals surface area contributed by atoms with E-state index in [0.717, 1.165) is 72.5 Å². The maximum Gasteiger partial charge on any atom is 0.337 e. The van der Waals surface area contributed by atoms with Gasteiger partial charge in [0.05, 0.1) is 12.2 Å². The van der Waals surface area contributed by atoms with Crippen LogP contribution in [-0.4, -0.2) is 29.8 Å². The molecule has 0 saturated heterocycles. The van der Waals surface area contributed by atoms with Gasteiger partial charge in [-0.05, 0) is 118 Å². The molecule has 0 unspecified atom stereocenters. The third-order valence-electron chi connectivity index (χ3n) is 6.78. The lowest BCUT2D eigenvalue weighted by atomic mass is 9.79. The zero-order chi connectivity index (χ0) is 23.2. The molecule has 2 aliphatic rings. The van der Waals surface area contributed by atoms with E-state index in [4.69, 9.17) is 9.47 Å². The number of aliphatic carboxylic acids is 1. The summed E-state index contributed by atoms with van der Waals surface area (Å²) in [6.45, 7) is 14.5. The highest BCUT2D eigenvalue weighted by Gasteiger charge is 2.34. The Morgan fingerprint density at radius 3 is 2.50 bits per heavy atom. The van der Waals surface area contributed by atoms with E-state index in [2.05, 4.69) is 32.2 Å². The zero-order valence-electron chi connectivity index (χ0n) is 20.1. The van der Waals surface area contributed by atoms with Crippen molar-refractivity contribution in [1.82, 2.24) is 5.32 Å². The van der Waals surface area contributed by atoms with Crippen molar-refractivity contribution in [1.29, 1.82) is 0 Å². The van der Waals surface area contributed by atoms with Gasteiger partial charge in [-0.1, -0.05) is 6.07 Å². The molecular weight excluding hydrogens is 402 g/mol. The predicted octanol–water partition coefficient (Wildman–Crippen LogP) is 5.19. The van der Waals surface area contributed by atoms with Gasteiger partial charge in [-0.2, -0.15) is 0 Å². The minimum absolute atomic E-state index is 0.586. The number of ether oxygens (including phenoxy) is 2. The van der Waals surface area contributed by atoms with Crippen LogP contribution in [0.2, 0.25) is 0 Å². The van der Waals surface area contributed by atoms with Crippen molar-refractivity contribution >= 4 is 5.97 Å². The molecule has 0 spiro atoms. The van der Waals surface area contributed by atoms with Gasteiger partial charge < -0.3 is 19.9 Å². The molecule has 1 atom stereocenters. The molecule has 0 amide bonds. The Labute approximate surface area is 191 Å². The SMILES string of the molecule is Cc1c(-c2c(C)c3c(c(C)c2[C@@H](OC(C)(C)C)C(=O)O)CCNC3)ccc2c1CCCO2. The van der Waals surface area contributed by atoms with E-state index in [1.54, 1.807) is 0 Å². The Kier molecular flexibility index (Phi) is 6.08. The minimum atomic E-state index is -1.03. The van der Waals surface area contributed by atoms with Crippen molar-refractivity contribution in [3.05, 3.63) is 51.1 Å². The topological polar surface area (TPSA) is 67.8 Å². The predicted molar refractivity (Wildman–Crippen MR) is 127 cm³/mol. The lowest BCUT2D eigenvalue weighted by molar-refractivity contribution is -0.160. The standard InChI is InChI=1S/C27H35NO4/c1-15-19-8-7-13-31-22(19)10-9-20(15)23-17(3)21-14-28-12-11-18(21)16(2)24(23)25(26(29)30)32-27(4,5)6/h9-10,25,28H,7-8,11-14H2,1-6H3,(H,29,30)/t25-/m1/s1. The van der Waals surface area contributed by atoms with Gasteiger partial charge in [-0.3, -0.25) is 0 Å². The van der Waals surface area contributed by atoms with Gasteiger partial charge in [0.15, 0.2) is 6.10 Å². The van der Waals surface area contributed by atoms with Crippen molar-refractivity contribution in [2.24, 2.45) is 0 Å². The number of hydrogen-bond acceptors (Lipinski definition) is 4. The number of carboxylic acids is 1. The number of nitrogens with one attached hydrogen (secondary N) is 1. The van der Waals surface area contributed by atoms with Crippen LogP contribution in [0.25, 0.3) is 11.1 Å². The maximum absolute atomic E-state index is 12.6. The monoisotopic (exact) mass is 437 g/mol. The first-order valence-electron chi connectivity index (χ1n) is 11.6. The van der Waals surface area contributed by atoms with Crippen LogP contribution in [0, 0.1) is 20.8 Å². The van der Waals surface area contributed by atoms with E-state index in [0.29, 0.717) is 0 Å². The molecule has 0 radical (unpaired) electrons. The molecule has 5 heteroatoms. The highest BCUT2D eigenvalue weighted by molar-refractivity contribution is 5.85. The molecule has 5 nitrogen and oxygen atoms in total. The molecule has 0 saturated carbocycles. The summed E-state index contributed by atoms with van der Waals surface area (Å²) < 4.78 is 12.1. The number of carbonyl (C=O) groups is 1. The molecule has 2 aromatic rings. The third-order valence-corrected chi connectivity index (χ3v) is 6.78. The van der Waals surface area contributed by atoms with Crippen molar-refractivity contribution < 1.29 is 19.4 Å². The molecular formula is C27H35NO4. The van der Waals surface area contributed by atoms with Crippen LogP contribution in [0.5, 0.6) is 5.75 Å². The average molecular weight is 438 g/mol. The van der Waals surface area contributed by atoms with Crippen molar-refractivity contribution in [3.8, 4) is 16.9 Å². The van der Waals surface area contributed by atoms with E-state index in [-0.39, 0.29) is 0 Å². The van der Waals surface area contributed by atoms with Crippen LogP contribution < -0.4 is 10.1 Å². The summed E-state index contributed by atoms with van der Waals surface area (Å²) in [5.41, 5.74) is 9.47. The van der Waals surface area contributed by atoms with Crippen LogP contribution in [0.1, 0.15) is 72.2 Å². The summed E-state index contributed by atoms with van der Waals surface area (Å²) >= 11 is 0. The molecule has 0 fully saturated rings. The smallest absolute Gasteiger partial charge is 0.337 e. The lowest BCUT2D eigenvalue weighted by Crippen LogP contribution is -2.31. The van der Waals surface area contributed by atoms with Crippen molar-refractivity contribution in [3.63, 3.8) is 0 Å². The van der Waals surface area contributed by atoms with Crippen LogP contribution >= 0.6 is 0 Å². The van der Waals surface area contributed by atoms with Gasteiger partial charge in [0, 0.05) is 12.1 Å². The molecule has 0 aliphatic carbocycles. The molecule has 2 aromatic carbocycles. The average Bonchev–Trinajstić information content (AvgIpc) is 2.75. The fraction of sp³-hybridized carbons (Fsp3) is 0.519. The van der Waals surface area contributed by atoms with Crippen LogP contribution in [-0.2, 0) is 28.9 Å². The molecule has 32 heavy (non-hydrogen) atoms. The number of hydrogen-bond donors (Lipinski definition) is 2. The maximum atomic E-state index is 12.6. The fourth-order valence-corrected chi connectivity index (χ4v) is 5.30. The van der Waals surface area contributed by atoms with Gasteiger partial charge in [0.1, 0.15) is 5.75 Å². The van der Waals surface area contributed by atoms with Crippen LogP contribution in [0.3, 0.4) is 0 Å². The molecule has 2 heterocycles. The summed E-state index contributed by atoms with van der Waals surface area (Å²) in [5, 5.41) is 13.8. The van der Waals surface area contributed by atoms with Crippen molar-refractivity contribution in [2.75, 3.05) is 13.2 Å². The Bertz CT molecular complexity index is 1060. The molecule has 0 bridgehead atoms. The van der Waals surface area contributed by atoms with Gasteiger partial charge >= 0.3 is 5.97 Å². The molecule has 172 valence electrons. The van der Waals surface area contributed by atoms with E-state index in [1.165, 1.54) is 22.3 Å². The Balaban J connectivity index is 2.04. The quantitative estimate of drug-likeness (QED) is 0.689. The lowest BCUT2D eigenvalue weighted by Gasteiger charge is -2.33. The van der Waals surface area contributed by atoms with Gasteiger partial charge in [-0.15, -0.1) is 0 Å². The molecule has 4 rings (SSSR count). The number of rotatable bonds is 4. The summed E-state index contributed by atoms with van der Waals surface area (Å²) in [6, 6.07) is 4.15. The molecule has 0 aromatic heterocycles. The third kappa shape index (κ3) is 4.04. The number of carboxylic acid groups (broad SMARTS) is 1. The fourth-order valence-electron chi connectivity index (χ4n) is 5.30. The first-order valence-corrected chi connectivity index (χ1v) is 11.6. The van der Waals surface area contributed by atoms with Crippen LogP contribution in [0.15, 0.2) is 12.1 Å². The molecule has 2 N–H and O–H groups in total. The Hall–Kier alpha value is -2.37. The number of benzene rings is 2. The van der Waals surface area contributed by atoms with Gasteiger partial charge in [-0.25, -0.2) is 4.79 Å². The Morgan fingerprint density at radius 2 is 1.81 bits per heavy atom. The van der Waals surface area contributed by atoms with E-state index in [9.17, 15) is 9.90 Å². The van der Waals surface area contributed by atoms with Crippen molar-refractivity contribution in [2.45, 2.75) is 79.1 Å². The normalized spacial score (nSPS) is 16.7. The van der Waals surface area contributed by atoms with E-state index >= 15 is 0 Å². The highest BCUT2D eigenvalue weighted by Crippen LogP contribution is 2.44. The second-order valence-corrected chi connectivity index (χ2v) is 10.0. The second kappa shape index (κ2) is 8.53. The van der Waals surface area contributed by atoms with Gasteiger partial charge in [0.2, 0.25) is 0 Å². The zero-order valence-corrected chi connectivity index (χ0v) is 20.1. The van der Waals surface area contributed by atoms with E-state index < -0.39 is 17.7 Å². The highest BCUT2D eigenvalue weighted by atomic mass is 16.5. The second-order valence-electron chi connectivity index (χ2n) is 10.0. The largest absolute Gasteiger partial charge is 0.493 e.